The average molecular weight is 294 g/mol. The fourth-order valence-electron chi connectivity index (χ4n) is 2.13. The Hall–Kier alpha value is -1.61. The summed E-state index contributed by atoms with van der Waals surface area (Å²) in [6.07, 6.45) is 2.55. The number of benzene rings is 1. The van der Waals surface area contributed by atoms with E-state index in [9.17, 15) is 9.18 Å². The summed E-state index contributed by atoms with van der Waals surface area (Å²) in [5.41, 5.74) is 1.20. The van der Waals surface area contributed by atoms with Gasteiger partial charge in [0.15, 0.2) is 0 Å². The molecule has 0 aliphatic rings. The molecular formula is C16H17ClFNO. The number of pyridine rings is 1. The molecular weight excluding hydrogens is 277 g/mol. The maximum absolute atomic E-state index is 13.7. The van der Waals surface area contributed by atoms with E-state index in [1.807, 2.05) is 6.07 Å². The number of hydrogen-bond acceptors (Lipinski definition) is 1. The number of aromatic nitrogens is 1. The third-order valence-corrected chi connectivity index (χ3v) is 3.45. The molecule has 0 N–H and O–H groups in total. The lowest BCUT2D eigenvalue weighted by Crippen LogP contribution is -2.20. The minimum atomic E-state index is -0.393. The van der Waals surface area contributed by atoms with Crippen LogP contribution in [0.1, 0.15) is 25.0 Å². The van der Waals surface area contributed by atoms with Crippen LogP contribution in [0.3, 0.4) is 0 Å². The van der Waals surface area contributed by atoms with Crippen LogP contribution in [0.15, 0.2) is 41.3 Å². The van der Waals surface area contributed by atoms with E-state index in [0.717, 1.165) is 12.0 Å². The summed E-state index contributed by atoms with van der Waals surface area (Å²) in [5.74, 6) is 0.0990. The van der Waals surface area contributed by atoms with Gasteiger partial charge in [-0.15, -0.1) is 0 Å². The third-order valence-electron chi connectivity index (χ3n) is 3.09. The Balaban J connectivity index is 2.29. The summed E-state index contributed by atoms with van der Waals surface area (Å²) in [6, 6.07) is 8.03. The zero-order valence-corrected chi connectivity index (χ0v) is 12.3. The molecule has 0 saturated carbocycles. The molecule has 0 unspecified atom stereocenters. The van der Waals surface area contributed by atoms with Gasteiger partial charge in [0.25, 0.3) is 5.56 Å². The van der Waals surface area contributed by atoms with E-state index in [4.69, 9.17) is 11.6 Å². The van der Waals surface area contributed by atoms with Crippen molar-refractivity contribution in [3.63, 3.8) is 0 Å². The van der Waals surface area contributed by atoms with Crippen molar-refractivity contribution in [2.45, 2.75) is 26.8 Å². The molecule has 1 aromatic carbocycles. The van der Waals surface area contributed by atoms with E-state index in [2.05, 4.69) is 13.8 Å². The number of rotatable bonds is 4. The SMILES string of the molecule is CC(C)Cc1ccn(Cc2c(F)cccc2Cl)c(=O)c1. The molecule has 2 nitrogen and oxygen atoms in total. The number of hydrogen-bond donors (Lipinski definition) is 0. The van der Waals surface area contributed by atoms with Crippen molar-refractivity contribution in [2.75, 3.05) is 0 Å². The topological polar surface area (TPSA) is 22.0 Å². The van der Waals surface area contributed by atoms with E-state index in [1.54, 1.807) is 24.4 Å². The molecule has 0 bridgehead atoms. The van der Waals surface area contributed by atoms with Crippen LogP contribution in [0, 0.1) is 11.7 Å². The standard InChI is InChI=1S/C16H17ClFNO/c1-11(2)8-12-6-7-19(16(20)9-12)10-13-14(17)4-3-5-15(13)18/h3-7,9,11H,8,10H2,1-2H3. The van der Waals surface area contributed by atoms with Crippen LogP contribution in [-0.4, -0.2) is 4.57 Å². The lowest BCUT2D eigenvalue weighted by atomic mass is 10.0. The van der Waals surface area contributed by atoms with E-state index >= 15 is 0 Å². The van der Waals surface area contributed by atoms with E-state index in [0.29, 0.717) is 16.5 Å². The second kappa shape index (κ2) is 6.23. The lowest BCUT2D eigenvalue weighted by Gasteiger charge is -2.10. The molecule has 106 valence electrons. The summed E-state index contributed by atoms with van der Waals surface area (Å²) < 4.78 is 15.2. The summed E-state index contributed by atoms with van der Waals surface area (Å²) in [6.45, 7) is 4.35. The Morgan fingerprint density at radius 1 is 1.30 bits per heavy atom. The van der Waals surface area contributed by atoms with Gasteiger partial charge in [-0.2, -0.15) is 0 Å². The zero-order chi connectivity index (χ0) is 14.7. The molecule has 0 saturated heterocycles. The lowest BCUT2D eigenvalue weighted by molar-refractivity contribution is 0.595. The highest BCUT2D eigenvalue weighted by Gasteiger charge is 2.09. The van der Waals surface area contributed by atoms with Gasteiger partial charge in [-0.3, -0.25) is 4.79 Å². The Morgan fingerprint density at radius 3 is 2.65 bits per heavy atom. The highest BCUT2D eigenvalue weighted by molar-refractivity contribution is 6.31. The third kappa shape index (κ3) is 3.48. The van der Waals surface area contributed by atoms with Crippen LogP contribution in [0.5, 0.6) is 0 Å². The first kappa shape index (κ1) is 14.8. The second-order valence-electron chi connectivity index (χ2n) is 5.30. The molecule has 2 rings (SSSR count). The van der Waals surface area contributed by atoms with Crippen molar-refractivity contribution in [1.82, 2.24) is 4.57 Å². The van der Waals surface area contributed by atoms with Crippen LogP contribution in [0.2, 0.25) is 5.02 Å². The van der Waals surface area contributed by atoms with Crippen LogP contribution in [0.4, 0.5) is 4.39 Å². The minimum Gasteiger partial charge on any atom is -0.311 e. The summed E-state index contributed by atoms with van der Waals surface area (Å²) in [5, 5.41) is 0.336. The highest BCUT2D eigenvalue weighted by atomic mass is 35.5. The van der Waals surface area contributed by atoms with Gasteiger partial charge in [-0.1, -0.05) is 31.5 Å². The van der Waals surface area contributed by atoms with Crippen LogP contribution in [0.25, 0.3) is 0 Å². The smallest absolute Gasteiger partial charge is 0.251 e. The highest BCUT2D eigenvalue weighted by Crippen LogP contribution is 2.19. The quantitative estimate of drug-likeness (QED) is 0.838. The molecule has 0 fully saturated rings. The summed E-state index contributed by atoms with van der Waals surface area (Å²) in [4.78, 5) is 12.0. The predicted molar refractivity (Wildman–Crippen MR) is 79.8 cm³/mol. The van der Waals surface area contributed by atoms with Crippen molar-refractivity contribution in [3.8, 4) is 0 Å². The molecule has 1 aromatic heterocycles. The normalized spacial score (nSPS) is 11.1. The summed E-state index contributed by atoms with van der Waals surface area (Å²) >= 11 is 5.98. The summed E-state index contributed by atoms with van der Waals surface area (Å²) in [7, 11) is 0. The van der Waals surface area contributed by atoms with Gasteiger partial charge in [0.05, 0.1) is 6.54 Å². The van der Waals surface area contributed by atoms with Crippen LogP contribution >= 0.6 is 11.6 Å². The fourth-order valence-corrected chi connectivity index (χ4v) is 2.35. The van der Waals surface area contributed by atoms with E-state index < -0.39 is 5.82 Å². The molecule has 4 heteroatoms. The zero-order valence-electron chi connectivity index (χ0n) is 11.6. The second-order valence-corrected chi connectivity index (χ2v) is 5.71. The number of nitrogens with zero attached hydrogens (tertiary/aromatic N) is 1. The average Bonchev–Trinajstić information content (AvgIpc) is 2.35. The largest absolute Gasteiger partial charge is 0.311 e. The molecule has 0 aliphatic heterocycles. The van der Waals surface area contributed by atoms with Crippen molar-refractivity contribution in [1.29, 1.82) is 0 Å². The molecule has 20 heavy (non-hydrogen) atoms. The molecule has 2 aromatic rings. The Morgan fingerprint density at radius 2 is 2.05 bits per heavy atom. The van der Waals surface area contributed by atoms with Gasteiger partial charge in [0.1, 0.15) is 5.82 Å². The first-order valence-electron chi connectivity index (χ1n) is 6.59. The molecule has 0 spiro atoms. The Bertz CT molecular complexity index is 644. The van der Waals surface area contributed by atoms with Gasteiger partial charge in [-0.05, 0) is 36.1 Å². The first-order chi connectivity index (χ1) is 9.47. The van der Waals surface area contributed by atoms with Crippen molar-refractivity contribution >= 4 is 11.6 Å². The Labute approximate surface area is 122 Å². The van der Waals surface area contributed by atoms with Gasteiger partial charge < -0.3 is 4.57 Å². The molecule has 0 radical (unpaired) electrons. The molecule has 0 aliphatic carbocycles. The van der Waals surface area contributed by atoms with E-state index in [1.165, 1.54) is 10.6 Å². The molecule has 0 amide bonds. The predicted octanol–water partition coefficient (Wildman–Crippen LogP) is 3.89. The van der Waals surface area contributed by atoms with Gasteiger partial charge in [0, 0.05) is 22.8 Å². The van der Waals surface area contributed by atoms with Gasteiger partial charge >= 0.3 is 0 Å². The van der Waals surface area contributed by atoms with Crippen LogP contribution in [-0.2, 0) is 13.0 Å². The maximum atomic E-state index is 13.7. The first-order valence-corrected chi connectivity index (χ1v) is 6.97. The van der Waals surface area contributed by atoms with Crippen molar-refractivity contribution in [3.05, 3.63) is 68.8 Å². The Kier molecular flexibility index (Phi) is 4.61. The van der Waals surface area contributed by atoms with Gasteiger partial charge in [0.2, 0.25) is 0 Å². The van der Waals surface area contributed by atoms with Crippen molar-refractivity contribution in [2.24, 2.45) is 5.92 Å². The molecule has 0 atom stereocenters. The monoisotopic (exact) mass is 293 g/mol. The molecule has 1 heterocycles. The number of halogens is 2. The van der Waals surface area contributed by atoms with Gasteiger partial charge in [-0.25, -0.2) is 4.39 Å². The van der Waals surface area contributed by atoms with E-state index in [-0.39, 0.29) is 12.1 Å². The fraction of sp³-hybridized carbons (Fsp3) is 0.312. The van der Waals surface area contributed by atoms with Crippen molar-refractivity contribution < 1.29 is 4.39 Å². The van der Waals surface area contributed by atoms with Crippen LogP contribution < -0.4 is 5.56 Å². The minimum absolute atomic E-state index is 0.137. The maximum Gasteiger partial charge on any atom is 0.251 e.